The standard InChI is InChI=1S/C10H18N4O2S/c1-7(2)16-5-4-9(15)11-6-8-12-13-10(17)14(8)3/h7H,4-6H2,1-3H3,(H,11,15)(H,13,17). The molecule has 0 radical (unpaired) electrons. The van der Waals surface area contributed by atoms with Crippen LogP contribution in [0.15, 0.2) is 0 Å². The lowest BCUT2D eigenvalue weighted by molar-refractivity contribution is -0.122. The maximum atomic E-state index is 11.5. The van der Waals surface area contributed by atoms with Gasteiger partial charge in [-0.1, -0.05) is 0 Å². The van der Waals surface area contributed by atoms with Gasteiger partial charge in [-0.15, -0.1) is 0 Å². The topological polar surface area (TPSA) is 71.9 Å². The van der Waals surface area contributed by atoms with E-state index in [9.17, 15) is 4.79 Å². The number of carbonyl (C=O) groups excluding carboxylic acids is 1. The van der Waals surface area contributed by atoms with E-state index >= 15 is 0 Å². The number of hydrogen-bond donors (Lipinski definition) is 2. The lowest BCUT2D eigenvalue weighted by Gasteiger charge is -2.07. The average molecular weight is 258 g/mol. The molecule has 0 aliphatic heterocycles. The normalized spacial score (nSPS) is 10.8. The third-order valence-corrected chi connectivity index (χ3v) is 2.56. The number of carbonyl (C=O) groups is 1. The number of aromatic nitrogens is 3. The lowest BCUT2D eigenvalue weighted by Crippen LogP contribution is -2.25. The molecule has 2 N–H and O–H groups in total. The zero-order chi connectivity index (χ0) is 12.8. The van der Waals surface area contributed by atoms with Gasteiger partial charge >= 0.3 is 0 Å². The summed E-state index contributed by atoms with van der Waals surface area (Å²) in [7, 11) is 1.80. The van der Waals surface area contributed by atoms with E-state index in [2.05, 4.69) is 15.5 Å². The van der Waals surface area contributed by atoms with Gasteiger partial charge in [0.05, 0.1) is 19.3 Å². The largest absolute Gasteiger partial charge is 0.378 e. The first-order valence-electron chi connectivity index (χ1n) is 5.49. The van der Waals surface area contributed by atoms with Crippen molar-refractivity contribution in [2.75, 3.05) is 6.61 Å². The van der Waals surface area contributed by atoms with E-state index in [0.29, 0.717) is 30.2 Å². The molecule has 0 aliphatic rings. The van der Waals surface area contributed by atoms with Crippen molar-refractivity contribution in [3.05, 3.63) is 10.6 Å². The van der Waals surface area contributed by atoms with Gasteiger partial charge in [0.2, 0.25) is 5.91 Å². The minimum absolute atomic E-state index is 0.0560. The van der Waals surface area contributed by atoms with Gasteiger partial charge in [0.15, 0.2) is 10.6 Å². The number of hydrogen-bond acceptors (Lipinski definition) is 4. The Hall–Kier alpha value is -1.21. The summed E-state index contributed by atoms with van der Waals surface area (Å²) in [5, 5.41) is 9.41. The summed E-state index contributed by atoms with van der Waals surface area (Å²) in [6.45, 7) is 4.67. The first-order chi connectivity index (χ1) is 8.00. The second-order valence-electron chi connectivity index (χ2n) is 3.95. The quantitative estimate of drug-likeness (QED) is 0.744. The molecular formula is C10H18N4O2S. The fourth-order valence-corrected chi connectivity index (χ4v) is 1.34. The highest BCUT2D eigenvalue weighted by atomic mass is 32.1. The fraction of sp³-hybridized carbons (Fsp3) is 0.700. The number of ether oxygens (including phenoxy) is 1. The van der Waals surface area contributed by atoms with Crippen LogP contribution in [0.1, 0.15) is 26.1 Å². The van der Waals surface area contributed by atoms with E-state index < -0.39 is 0 Å². The van der Waals surface area contributed by atoms with Crippen molar-refractivity contribution in [1.82, 2.24) is 20.1 Å². The molecule has 0 aliphatic carbocycles. The Kier molecular flexibility index (Phi) is 5.30. The maximum absolute atomic E-state index is 11.5. The molecule has 96 valence electrons. The summed E-state index contributed by atoms with van der Waals surface area (Å²) in [6, 6.07) is 0. The number of amides is 1. The molecule has 0 fully saturated rings. The summed E-state index contributed by atoms with van der Waals surface area (Å²) in [6.07, 6.45) is 0.502. The van der Waals surface area contributed by atoms with Gasteiger partial charge < -0.3 is 14.6 Å². The number of nitrogens with one attached hydrogen (secondary N) is 2. The molecule has 0 spiro atoms. The molecule has 0 atom stereocenters. The number of H-pyrrole nitrogens is 1. The molecule has 0 aromatic carbocycles. The van der Waals surface area contributed by atoms with Crippen LogP contribution < -0.4 is 5.32 Å². The third kappa shape index (κ3) is 4.66. The molecule has 1 aromatic rings. The van der Waals surface area contributed by atoms with Crippen LogP contribution in [0.25, 0.3) is 0 Å². The van der Waals surface area contributed by atoms with E-state index in [-0.39, 0.29) is 12.0 Å². The molecule has 17 heavy (non-hydrogen) atoms. The predicted molar refractivity (Wildman–Crippen MR) is 65.9 cm³/mol. The van der Waals surface area contributed by atoms with Gasteiger partial charge in [0.1, 0.15) is 0 Å². The van der Waals surface area contributed by atoms with Crippen molar-refractivity contribution < 1.29 is 9.53 Å². The Morgan fingerprint density at radius 3 is 2.88 bits per heavy atom. The number of nitrogens with zero attached hydrogens (tertiary/aromatic N) is 2. The zero-order valence-corrected chi connectivity index (χ0v) is 11.1. The molecular weight excluding hydrogens is 240 g/mol. The van der Waals surface area contributed by atoms with Crippen LogP contribution in [0.4, 0.5) is 0 Å². The summed E-state index contributed by atoms with van der Waals surface area (Å²) >= 11 is 4.96. The van der Waals surface area contributed by atoms with Crippen molar-refractivity contribution in [3.63, 3.8) is 0 Å². The highest BCUT2D eigenvalue weighted by Crippen LogP contribution is 1.95. The summed E-state index contributed by atoms with van der Waals surface area (Å²) < 4.78 is 7.55. The van der Waals surface area contributed by atoms with E-state index in [1.807, 2.05) is 13.8 Å². The van der Waals surface area contributed by atoms with Gasteiger partial charge in [-0.3, -0.25) is 9.89 Å². The van der Waals surface area contributed by atoms with Crippen molar-refractivity contribution in [2.45, 2.75) is 32.9 Å². The van der Waals surface area contributed by atoms with E-state index in [4.69, 9.17) is 17.0 Å². The van der Waals surface area contributed by atoms with Gasteiger partial charge in [-0.25, -0.2) is 0 Å². The lowest BCUT2D eigenvalue weighted by atomic mass is 10.4. The summed E-state index contributed by atoms with van der Waals surface area (Å²) in [4.78, 5) is 11.5. The highest BCUT2D eigenvalue weighted by Gasteiger charge is 2.05. The number of aromatic amines is 1. The first-order valence-corrected chi connectivity index (χ1v) is 5.90. The Balaban J connectivity index is 2.29. The third-order valence-electron chi connectivity index (χ3n) is 2.20. The van der Waals surface area contributed by atoms with Crippen LogP contribution in [-0.4, -0.2) is 33.4 Å². The monoisotopic (exact) mass is 258 g/mol. The molecule has 1 aromatic heterocycles. The Morgan fingerprint density at radius 1 is 1.65 bits per heavy atom. The summed E-state index contributed by atoms with van der Waals surface area (Å²) in [5.41, 5.74) is 0. The van der Waals surface area contributed by atoms with E-state index in [0.717, 1.165) is 0 Å². The highest BCUT2D eigenvalue weighted by molar-refractivity contribution is 7.71. The van der Waals surface area contributed by atoms with Crippen LogP contribution in [0.5, 0.6) is 0 Å². The molecule has 0 saturated carbocycles. The van der Waals surface area contributed by atoms with Crippen molar-refractivity contribution in [3.8, 4) is 0 Å². The van der Waals surface area contributed by atoms with E-state index in [1.165, 1.54) is 0 Å². The molecule has 7 heteroatoms. The van der Waals surface area contributed by atoms with Gasteiger partial charge in [-0.2, -0.15) is 5.10 Å². The molecule has 1 amide bonds. The first kappa shape index (κ1) is 13.9. The Labute approximate surface area is 105 Å². The summed E-state index contributed by atoms with van der Waals surface area (Å²) in [5.74, 6) is 0.646. The van der Waals surface area contributed by atoms with Gasteiger partial charge in [-0.05, 0) is 26.1 Å². The van der Waals surface area contributed by atoms with Crippen LogP contribution in [0.2, 0.25) is 0 Å². The Bertz CT molecular complexity index is 424. The van der Waals surface area contributed by atoms with Crippen molar-refractivity contribution >= 4 is 18.1 Å². The van der Waals surface area contributed by atoms with Gasteiger partial charge in [0.25, 0.3) is 0 Å². The average Bonchev–Trinajstić information content (AvgIpc) is 2.57. The Morgan fingerprint density at radius 2 is 2.35 bits per heavy atom. The second-order valence-corrected chi connectivity index (χ2v) is 4.34. The minimum atomic E-state index is -0.0560. The van der Waals surface area contributed by atoms with Crippen LogP contribution in [0.3, 0.4) is 0 Å². The van der Waals surface area contributed by atoms with Crippen LogP contribution >= 0.6 is 12.2 Å². The van der Waals surface area contributed by atoms with E-state index in [1.54, 1.807) is 11.6 Å². The molecule has 0 saturated heterocycles. The maximum Gasteiger partial charge on any atom is 0.222 e. The fourth-order valence-electron chi connectivity index (χ4n) is 1.19. The zero-order valence-electron chi connectivity index (χ0n) is 10.3. The number of rotatable bonds is 6. The molecule has 0 bridgehead atoms. The minimum Gasteiger partial charge on any atom is -0.378 e. The smallest absolute Gasteiger partial charge is 0.222 e. The molecule has 1 heterocycles. The van der Waals surface area contributed by atoms with Gasteiger partial charge in [0, 0.05) is 13.5 Å². The van der Waals surface area contributed by atoms with Crippen molar-refractivity contribution in [2.24, 2.45) is 7.05 Å². The molecule has 0 unspecified atom stereocenters. The molecule has 6 nitrogen and oxygen atoms in total. The van der Waals surface area contributed by atoms with Crippen LogP contribution in [0, 0.1) is 4.77 Å². The van der Waals surface area contributed by atoms with Crippen LogP contribution in [-0.2, 0) is 23.1 Å². The predicted octanol–water partition coefficient (Wildman–Crippen LogP) is 0.909. The molecule has 1 rings (SSSR count). The second kappa shape index (κ2) is 6.51. The van der Waals surface area contributed by atoms with Crippen molar-refractivity contribution in [1.29, 1.82) is 0 Å². The SMILES string of the molecule is CC(C)OCCC(=O)NCc1n[nH]c(=S)n1C.